The molecule has 1 aromatic rings. The number of halogens is 1. The summed E-state index contributed by atoms with van der Waals surface area (Å²) in [6.45, 7) is -0.372. The van der Waals surface area contributed by atoms with Crippen LogP contribution in [-0.4, -0.2) is 27.0 Å². The summed E-state index contributed by atoms with van der Waals surface area (Å²) in [6, 6.07) is 0. The van der Waals surface area contributed by atoms with E-state index in [1.54, 1.807) is 0 Å². The highest BCUT2D eigenvalue weighted by Gasteiger charge is 2.37. The van der Waals surface area contributed by atoms with Crippen LogP contribution in [0.4, 0.5) is 10.2 Å². The van der Waals surface area contributed by atoms with Crippen LogP contribution in [0, 0.1) is 5.82 Å². The van der Waals surface area contributed by atoms with Crippen LogP contribution in [0.3, 0.4) is 0 Å². The van der Waals surface area contributed by atoms with Crippen molar-refractivity contribution in [1.82, 2.24) is 9.55 Å². The maximum atomic E-state index is 13.2. The number of rotatable bonds is 2. The van der Waals surface area contributed by atoms with Crippen LogP contribution in [0.2, 0.25) is 0 Å². The first-order valence-electron chi connectivity index (χ1n) is 5.07. The Morgan fingerprint density at radius 3 is 3.06 bits per heavy atom. The molecule has 1 saturated heterocycles. The molecule has 0 aliphatic carbocycles. The summed E-state index contributed by atoms with van der Waals surface area (Å²) in [5.41, 5.74) is 8.94. The summed E-state index contributed by atoms with van der Waals surface area (Å²) < 4.78 is 19.5. The van der Waals surface area contributed by atoms with Gasteiger partial charge in [-0.1, -0.05) is 0 Å². The minimum Gasteiger partial charge on any atom is -0.392 e. The van der Waals surface area contributed by atoms with Crippen LogP contribution in [0.25, 0.3) is 0 Å². The molecular formula is C9H13FN4O3. The van der Waals surface area contributed by atoms with Gasteiger partial charge in [-0.05, 0) is 12.8 Å². The van der Waals surface area contributed by atoms with E-state index in [1.807, 2.05) is 0 Å². The zero-order chi connectivity index (χ0) is 12.6. The second-order valence-electron chi connectivity index (χ2n) is 4.00. The van der Waals surface area contributed by atoms with Crippen molar-refractivity contribution in [1.29, 1.82) is 0 Å². The van der Waals surface area contributed by atoms with Gasteiger partial charge in [-0.15, -0.1) is 0 Å². The van der Waals surface area contributed by atoms with E-state index in [0.717, 1.165) is 10.8 Å². The van der Waals surface area contributed by atoms with E-state index in [9.17, 15) is 9.18 Å². The molecular weight excluding hydrogens is 231 g/mol. The molecule has 2 heterocycles. The largest absolute Gasteiger partial charge is 0.392 e. The average Bonchev–Trinajstić information content (AvgIpc) is 2.67. The quantitative estimate of drug-likeness (QED) is 0.609. The van der Waals surface area contributed by atoms with Crippen LogP contribution in [-0.2, 0) is 4.74 Å². The van der Waals surface area contributed by atoms with Crippen molar-refractivity contribution in [2.45, 2.75) is 24.8 Å². The van der Waals surface area contributed by atoms with E-state index in [-0.39, 0.29) is 6.61 Å². The third kappa shape index (κ3) is 2.14. The molecule has 1 aromatic heterocycles. The van der Waals surface area contributed by atoms with E-state index in [2.05, 4.69) is 4.98 Å². The third-order valence-electron chi connectivity index (χ3n) is 2.70. The van der Waals surface area contributed by atoms with Gasteiger partial charge >= 0.3 is 5.69 Å². The summed E-state index contributed by atoms with van der Waals surface area (Å²) in [5.74, 6) is -1.25. The van der Waals surface area contributed by atoms with Crippen LogP contribution in [0.15, 0.2) is 11.0 Å². The van der Waals surface area contributed by atoms with Gasteiger partial charge in [0.25, 0.3) is 0 Å². The van der Waals surface area contributed by atoms with Gasteiger partial charge in [-0.25, -0.2) is 9.18 Å². The molecule has 2 rings (SSSR count). The van der Waals surface area contributed by atoms with Gasteiger partial charge in [0.05, 0.1) is 12.8 Å². The van der Waals surface area contributed by atoms with Crippen LogP contribution in [0.5, 0.6) is 0 Å². The monoisotopic (exact) mass is 244 g/mol. The topological polar surface area (TPSA) is 116 Å². The first-order chi connectivity index (χ1) is 7.95. The Labute approximate surface area is 95.8 Å². The normalized spacial score (nSPS) is 28.5. The van der Waals surface area contributed by atoms with Crippen molar-refractivity contribution in [2.24, 2.45) is 5.73 Å². The van der Waals surface area contributed by atoms with Crippen LogP contribution in [0.1, 0.15) is 19.1 Å². The standard InChI is InChI=1S/C9H13FN4O3/c10-5-3-14(8(16)13-7(5)11)6-1-2-9(12,4-15)17-6/h3,6,15H,1-2,4,12H2,(H2,11,13,16)/t6?,9-/m0/s1. The van der Waals surface area contributed by atoms with Crippen molar-refractivity contribution < 1.29 is 14.2 Å². The number of nitrogen functional groups attached to an aromatic ring is 1. The molecule has 1 aliphatic heterocycles. The molecule has 0 aromatic carbocycles. The van der Waals surface area contributed by atoms with Crippen molar-refractivity contribution >= 4 is 5.82 Å². The molecule has 7 nitrogen and oxygen atoms in total. The fraction of sp³-hybridized carbons (Fsp3) is 0.556. The minimum atomic E-state index is -1.19. The van der Waals surface area contributed by atoms with Gasteiger partial charge < -0.3 is 21.3 Å². The Morgan fingerprint density at radius 2 is 2.47 bits per heavy atom. The van der Waals surface area contributed by atoms with Gasteiger partial charge in [0.15, 0.2) is 11.6 Å². The Morgan fingerprint density at radius 1 is 1.76 bits per heavy atom. The molecule has 1 fully saturated rings. The average molecular weight is 244 g/mol. The number of nitrogens with zero attached hydrogens (tertiary/aromatic N) is 2. The maximum Gasteiger partial charge on any atom is 0.351 e. The molecule has 0 radical (unpaired) electrons. The molecule has 0 saturated carbocycles. The van der Waals surface area contributed by atoms with Gasteiger partial charge in [0.1, 0.15) is 12.0 Å². The second-order valence-corrected chi connectivity index (χ2v) is 4.00. The molecule has 5 N–H and O–H groups in total. The smallest absolute Gasteiger partial charge is 0.351 e. The Kier molecular flexibility index (Phi) is 2.86. The first-order valence-corrected chi connectivity index (χ1v) is 5.07. The molecule has 0 bridgehead atoms. The Bertz CT molecular complexity index is 492. The molecule has 0 amide bonds. The molecule has 0 spiro atoms. The van der Waals surface area contributed by atoms with E-state index < -0.39 is 29.3 Å². The highest BCUT2D eigenvalue weighted by molar-refractivity contribution is 5.26. The molecule has 1 aliphatic rings. The minimum absolute atomic E-state index is 0.368. The first kappa shape index (κ1) is 12.0. The third-order valence-corrected chi connectivity index (χ3v) is 2.70. The number of anilines is 1. The number of nitrogens with two attached hydrogens (primary N) is 2. The van der Waals surface area contributed by atoms with Crippen LogP contribution >= 0.6 is 0 Å². The molecule has 2 atom stereocenters. The highest BCUT2D eigenvalue weighted by atomic mass is 19.1. The number of aliphatic hydroxyl groups excluding tert-OH is 1. The predicted octanol–water partition coefficient (Wildman–Crippen LogP) is -1.08. The van der Waals surface area contributed by atoms with Crippen molar-refractivity contribution in [3.63, 3.8) is 0 Å². The number of aliphatic hydroxyl groups is 1. The fourth-order valence-corrected chi connectivity index (χ4v) is 1.73. The number of hydrogen-bond donors (Lipinski definition) is 3. The highest BCUT2D eigenvalue weighted by Crippen LogP contribution is 2.31. The van der Waals surface area contributed by atoms with Gasteiger partial charge in [-0.2, -0.15) is 4.98 Å². The maximum absolute atomic E-state index is 13.2. The van der Waals surface area contributed by atoms with Gasteiger partial charge in [0.2, 0.25) is 0 Å². The summed E-state index contributed by atoms with van der Waals surface area (Å²) in [5, 5.41) is 9.01. The predicted molar refractivity (Wildman–Crippen MR) is 56.2 cm³/mol. The van der Waals surface area contributed by atoms with Crippen molar-refractivity contribution in [2.75, 3.05) is 12.3 Å². The molecule has 8 heteroatoms. The van der Waals surface area contributed by atoms with Crippen LogP contribution < -0.4 is 17.2 Å². The molecule has 1 unspecified atom stereocenters. The molecule has 94 valence electrons. The number of ether oxygens (including phenoxy) is 1. The zero-order valence-electron chi connectivity index (χ0n) is 8.97. The lowest BCUT2D eigenvalue weighted by atomic mass is 10.1. The number of aromatic nitrogens is 2. The lowest BCUT2D eigenvalue weighted by Crippen LogP contribution is -2.43. The van der Waals surface area contributed by atoms with E-state index in [4.69, 9.17) is 21.3 Å². The van der Waals surface area contributed by atoms with Gasteiger partial charge in [0, 0.05) is 0 Å². The Hall–Kier alpha value is -1.51. The summed E-state index contributed by atoms with van der Waals surface area (Å²) >= 11 is 0. The SMILES string of the molecule is Nc1nc(=O)n(C2CC[C@@](N)(CO)O2)cc1F. The molecule has 17 heavy (non-hydrogen) atoms. The summed E-state index contributed by atoms with van der Waals surface area (Å²) in [7, 11) is 0. The lowest BCUT2D eigenvalue weighted by molar-refractivity contribution is -0.0958. The van der Waals surface area contributed by atoms with E-state index in [0.29, 0.717) is 12.8 Å². The van der Waals surface area contributed by atoms with Crippen molar-refractivity contribution in [3.05, 3.63) is 22.5 Å². The number of hydrogen-bond acceptors (Lipinski definition) is 6. The summed E-state index contributed by atoms with van der Waals surface area (Å²) in [6.07, 6.45) is 0.954. The Balaban J connectivity index is 2.31. The summed E-state index contributed by atoms with van der Waals surface area (Å²) in [4.78, 5) is 14.8. The second kappa shape index (κ2) is 4.06. The van der Waals surface area contributed by atoms with E-state index in [1.165, 1.54) is 0 Å². The van der Waals surface area contributed by atoms with E-state index >= 15 is 0 Å². The fourth-order valence-electron chi connectivity index (χ4n) is 1.73. The zero-order valence-corrected chi connectivity index (χ0v) is 8.97. The van der Waals surface area contributed by atoms with Crippen molar-refractivity contribution in [3.8, 4) is 0 Å². The van der Waals surface area contributed by atoms with Gasteiger partial charge in [-0.3, -0.25) is 4.57 Å². The lowest BCUT2D eigenvalue weighted by Gasteiger charge is -2.22.